The van der Waals surface area contributed by atoms with Gasteiger partial charge in [0.2, 0.25) is 0 Å². The standard InChI is InChI=1S/C82H62O4S2/c1-53-13-7-19-71-65(49-69-51-67(45-37-61-31-39-63(40-32-61)81(83)85-5)73-21-9-15-55(3)77(73)79(69)75(53)71)43-35-59-27-23-57(24-28-59)17-11-47-87-88-48-12-18-58-25-29-60(30-26-58)36-44-66-50-70-52-68(46-38-62-33-41-64(42-34-62)82(84)86-6)74-22-10-16-56(4)78(74)80(70)76-54(2)14-8-20-72(66)76/h7-10,13-16,19-34,39-42,49-52H,11-12,17-18,47-48H2,1-6H3. The molecule has 12 aromatic rings. The smallest absolute Gasteiger partial charge is 0.337 e. The number of rotatable bonds is 11. The molecule has 0 bridgehead atoms. The number of esters is 2. The summed E-state index contributed by atoms with van der Waals surface area (Å²) in [6.07, 6.45) is 4.30. The van der Waals surface area contributed by atoms with E-state index in [1.165, 1.54) is 79.9 Å². The molecule has 0 amide bonds. The van der Waals surface area contributed by atoms with Crippen molar-refractivity contribution in [3.63, 3.8) is 0 Å². The van der Waals surface area contributed by atoms with E-state index < -0.39 is 0 Å². The van der Waals surface area contributed by atoms with Crippen LogP contribution in [0.3, 0.4) is 0 Å². The van der Waals surface area contributed by atoms with Crippen LogP contribution >= 0.6 is 21.6 Å². The molecule has 0 N–H and O–H groups in total. The zero-order valence-corrected chi connectivity index (χ0v) is 51.8. The molecular formula is C82H62O4S2. The maximum atomic E-state index is 12.0. The molecule has 0 saturated carbocycles. The van der Waals surface area contributed by atoms with Crippen molar-refractivity contribution in [2.75, 3.05) is 25.7 Å². The van der Waals surface area contributed by atoms with Gasteiger partial charge in [-0.1, -0.05) is 166 Å². The summed E-state index contributed by atoms with van der Waals surface area (Å²) in [5, 5.41) is 14.0. The van der Waals surface area contributed by atoms with Gasteiger partial charge in [-0.3, -0.25) is 0 Å². The lowest BCUT2D eigenvalue weighted by atomic mass is 9.88. The molecule has 0 aromatic heterocycles. The molecule has 0 unspecified atom stereocenters. The van der Waals surface area contributed by atoms with Gasteiger partial charge in [-0.25, -0.2) is 9.59 Å². The maximum Gasteiger partial charge on any atom is 0.337 e. The Hall–Kier alpha value is -9.92. The lowest BCUT2D eigenvalue weighted by Crippen LogP contribution is -2.00. The van der Waals surface area contributed by atoms with Crippen LogP contribution in [0.2, 0.25) is 0 Å². The highest BCUT2D eigenvalue weighted by molar-refractivity contribution is 8.76. The number of carbonyl (C=O) groups is 2. The van der Waals surface area contributed by atoms with E-state index in [2.05, 4.69) is 221 Å². The summed E-state index contributed by atoms with van der Waals surface area (Å²) in [6.45, 7) is 8.73. The Bertz CT molecular complexity index is 4690. The summed E-state index contributed by atoms with van der Waals surface area (Å²) in [5.41, 5.74) is 16.0. The molecule has 0 saturated heterocycles. The van der Waals surface area contributed by atoms with E-state index in [1.807, 2.05) is 45.9 Å². The maximum absolute atomic E-state index is 12.0. The van der Waals surface area contributed by atoms with E-state index in [1.54, 1.807) is 24.3 Å². The van der Waals surface area contributed by atoms with Crippen molar-refractivity contribution < 1.29 is 19.1 Å². The van der Waals surface area contributed by atoms with Crippen molar-refractivity contribution in [2.45, 2.75) is 53.4 Å². The minimum atomic E-state index is -0.366. The molecule has 0 radical (unpaired) electrons. The number of carbonyl (C=O) groups excluding carboxylic acids is 2. The second-order valence-corrected chi connectivity index (χ2v) is 25.0. The first-order valence-corrected chi connectivity index (χ1v) is 32.1. The Morgan fingerprint density at radius 2 is 0.614 bits per heavy atom. The number of ether oxygens (including phenoxy) is 2. The molecule has 426 valence electrons. The first-order valence-electron chi connectivity index (χ1n) is 29.7. The third-order valence-electron chi connectivity index (χ3n) is 16.4. The SMILES string of the molecule is COC(=O)c1ccc(C#Cc2cc3cc(C#Cc4ccc(CCCSSCCCc5ccc(C#Cc6cc7cc(C#Cc8ccc(C(=O)OC)cc8)c8cccc(C)c8c7c7c(C)cccc67)cc5)cc4)c4cccc(C)c4c3c3c(C)cccc23)cc1. The Morgan fingerprint density at radius 3 is 0.886 bits per heavy atom. The first-order chi connectivity index (χ1) is 43.0. The molecule has 0 atom stereocenters. The second kappa shape index (κ2) is 26.4. The number of hydrogen-bond donors (Lipinski definition) is 0. The number of hydrogen-bond acceptors (Lipinski definition) is 6. The minimum absolute atomic E-state index is 0.366. The molecule has 4 nitrogen and oxygen atoms in total. The normalized spacial score (nSPS) is 10.9. The van der Waals surface area contributed by atoms with Crippen molar-refractivity contribution in [3.05, 3.63) is 283 Å². The van der Waals surface area contributed by atoms with Crippen molar-refractivity contribution in [1.29, 1.82) is 0 Å². The van der Waals surface area contributed by atoms with Crippen LogP contribution in [-0.4, -0.2) is 37.7 Å². The highest BCUT2D eigenvalue weighted by atomic mass is 33.1. The molecule has 6 heteroatoms. The molecule has 0 fully saturated rings. The van der Waals surface area contributed by atoms with Crippen LogP contribution in [0.15, 0.2) is 194 Å². The van der Waals surface area contributed by atoms with Crippen molar-refractivity contribution >= 4 is 98.2 Å². The van der Waals surface area contributed by atoms with E-state index in [0.29, 0.717) is 11.1 Å². The zero-order chi connectivity index (χ0) is 60.7. The quantitative estimate of drug-likeness (QED) is 0.0423. The average Bonchev–Trinajstić information content (AvgIpc) is 1.29. The van der Waals surface area contributed by atoms with Gasteiger partial charge >= 0.3 is 11.9 Å². The third-order valence-corrected chi connectivity index (χ3v) is 19.0. The summed E-state index contributed by atoms with van der Waals surface area (Å²) >= 11 is 0. The van der Waals surface area contributed by atoms with Crippen LogP contribution in [0.4, 0.5) is 0 Å². The zero-order valence-electron chi connectivity index (χ0n) is 50.2. The molecule has 88 heavy (non-hydrogen) atoms. The lowest BCUT2D eigenvalue weighted by molar-refractivity contribution is 0.0592. The molecular weight excluding hydrogens is 1110 g/mol. The number of fused-ring (bicyclic) bond motifs is 10. The van der Waals surface area contributed by atoms with E-state index in [0.717, 1.165) is 114 Å². The largest absolute Gasteiger partial charge is 0.465 e. The van der Waals surface area contributed by atoms with Crippen LogP contribution in [0.25, 0.3) is 64.6 Å². The number of methoxy groups -OCH3 is 2. The number of aryl methyl sites for hydroxylation is 6. The van der Waals surface area contributed by atoms with Gasteiger partial charge in [-0.2, -0.15) is 0 Å². The minimum Gasteiger partial charge on any atom is -0.465 e. The Kier molecular flexibility index (Phi) is 17.5. The molecule has 0 aliphatic carbocycles. The van der Waals surface area contributed by atoms with Crippen LogP contribution in [-0.2, 0) is 22.3 Å². The van der Waals surface area contributed by atoms with Crippen LogP contribution in [0.5, 0.6) is 0 Å². The van der Waals surface area contributed by atoms with Gasteiger partial charge in [0.1, 0.15) is 0 Å². The summed E-state index contributed by atoms with van der Waals surface area (Å²) in [5.74, 6) is 29.3. The lowest BCUT2D eigenvalue weighted by Gasteiger charge is -2.15. The fourth-order valence-corrected chi connectivity index (χ4v) is 14.1. The van der Waals surface area contributed by atoms with Crippen LogP contribution in [0, 0.1) is 75.1 Å². The molecule has 0 aliphatic rings. The fourth-order valence-electron chi connectivity index (χ4n) is 11.9. The van der Waals surface area contributed by atoms with E-state index in [-0.39, 0.29) is 11.9 Å². The van der Waals surface area contributed by atoms with E-state index in [4.69, 9.17) is 9.47 Å². The Morgan fingerprint density at radius 1 is 0.341 bits per heavy atom. The monoisotopic (exact) mass is 1170 g/mol. The summed E-state index contributed by atoms with van der Waals surface area (Å²) in [6, 6.07) is 66.8. The molecule has 0 spiro atoms. The predicted molar refractivity (Wildman–Crippen MR) is 371 cm³/mol. The van der Waals surface area contributed by atoms with Gasteiger partial charge < -0.3 is 9.47 Å². The predicted octanol–water partition coefficient (Wildman–Crippen LogP) is 19.0. The summed E-state index contributed by atoms with van der Waals surface area (Å²) < 4.78 is 9.77. The molecule has 12 aromatic carbocycles. The van der Waals surface area contributed by atoms with Gasteiger partial charge in [0.25, 0.3) is 0 Å². The second-order valence-electron chi connectivity index (χ2n) is 22.3. The molecule has 0 aliphatic heterocycles. The van der Waals surface area contributed by atoms with E-state index in [9.17, 15) is 9.59 Å². The van der Waals surface area contributed by atoms with Gasteiger partial charge in [0.05, 0.1) is 25.3 Å². The topological polar surface area (TPSA) is 52.6 Å². The van der Waals surface area contributed by atoms with Gasteiger partial charge in [-0.15, -0.1) is 0 Å². The molecule has 12 rings (SSSR count). The summed E-state index contributed by atoms with van der Waals surface area (Å²) in [7, 11) is 6.72. The van der Waals surface area contributed by atoms with Crippen LogP contribution in [0.1, 0.15) is 111 Å². The Balaban J connectivity index is 0.661. The molecule has 0 heterocycles. The van der Waals surface area contributed by atoms with Crippen molar-refractivity contribution in [3.8, 4) is 47.4 Å². The fraction of sp³-hybridized carbons (Fsp3) is 0.146. The van der Waals surface area contributed by atoms with Crippen LogP contribution < -0.4 is 0 Å². The van der Waals surface area contributed by atoms with Gasteiger partial charge in [0, 0.05) is 56.0 Å². The number of benzene rings is 12. The summed E-state index contributed by atoms with van der Waals surface area (Å²) in [4.78, 5) is 24.1. The third kappa shape index (κ3) is 12.5. The first kappa shape index (κ1) is 58.5. The van der Waals surface area contributed by atoms with Gasteiger partial charge in [-0.05, 0) is 248 Å². The highest BCUT2D eigenvalue weighted by Crippen LogP contribution is 2.41. The average molecular weight is 1180 g/mol. The van der Waals surface area contributed by atoms with Crippen molar-refractivity contribution in [2.24, 2.45) is 0 Å². The highest BCUT2D eigenvalue weighted by Gasteiger charge is 2.17. The Labute approximate surface area is 523 Å². The van der Waals surface area contributed by atoms with Gasteiger partial charge in [0.15, 0.2) is 0 Å². The van der Waals surface area contributed by atoms with Crippen molar-refractivity contribution in [1.82, 2.24) is 0 Å². The van der Waals surface area contributed by atoms with E-state index >= 15 is 0 Å².